The van der Waals surface area contributed by atoms with Gasteiger partial charge in [0, 0.05) is 0 Å². The Labute approximate surface area is 58.6 Å². The van der Waals surface area contributed by atoms with Crippen LogP contribution in [-0.4, -0.2) is 34.0 Å². The third-order valence-electron chi connectivity index (χ3n) is 1.30. The van der Waals surface area contributed by atoms with E-state index in [2.05, 4.69) is 26.8 Å². The van der Waals surface area contributed by atoms with Gasteiger partial charge in [-0.05, 0) is 0 Å². The average molecular weight is 181 g/mol. The van der Waals surface area contributed by atoms with Crippen molar-refractivity contribution in [1.82, 2.24) is 0 Å². The summed E-state index contributed by atoms with van der Waals surface area (Å²) in [5.41, 5.74) is 0. The standard InChI is InChI=1S/C6H15NSe/c1-5-6(8-4)7(2)3/h6H,5H2,1-4H3/p+1. The van der Waals surface area contributed by atoms with Crippen molar-refractivity contribution in [3.63, 3.8) is 0 Å². The van der Waals surface area contributed by atoms with Gasteiger partial charge < -0.3 is 0 Å². The summed E-state index contributed by atoms with van der Waals surface area (Å²) < 4.78 is 0. The van der Waals surface area contributed by atoms with Crippen molar-refractivity contribution >= 4 is 15.0 Å². The van der Waals surface area contributed by atoms with E-state index in [1.165, 1.54) is 6.42 Å². The second-order valence-electron chi connectivity index (χ2n) is 2.21. The molecule has 0 aromatic rings. The van der Waals surface area contributed by atoms with E-state index in [-0.39, 0.29) is 0 Å². The molecule has 0 aromatic heterocycles. The normalized spacial score (nSPS) is 14.6. The van der Waals surface area contributed by atoms with E-state index in [1.807, 2.05) is 0 Å². The Kier molecular flexibility index (Phi) is 4.63. The van der Waals surface area contributed by atoms with Crippen LogP contribution in [0.1, 0.15) is 13.3 Å². The molecule has 0 heterocycles. The summed E-state index contributed by atoms with van der Waals surface area (Å²) >= 11 is 0.827. The molecule has 0 rings (SSSR count). The molecule has 0 saturated carbocycles. The fourth-order valence-electron chi connectivity index (χ4n) is 0.811. The van der Waals surface area contributed by atoms with Gasteiger partial charge in [-0.1, -0.05) is 0 Å². The van der Waals surface area contributed by atoms with Gasteiger partial charge in [-0.2, -0.15) is 0 Å². The van der Waals surface area contributed by atoms with Crippen molar-refractivity contribution in [3.8, 4) is 0 Å². The van der Waals surface area contributed by atoms with E-state index in [1.54, 1.807) is 4.90 Å². The van der Waals surface area contributed by atoms with Crippen molar-refractivity contribution < 1.29 is 4.90 Å². The first kappa shape index (κ1) is 8.48. The molecule has 0 bridgehead atoms. The van der Waals surface area contributed by atoms with Gasteiger partial charge in [-0.3, -0.25) is 0 Å². The molecular weight excluding hydrogens is 165 g/mol. The van der Waals surface area contributed by atoms with E-state index in [4.69, 9.17) is 0 Å². The van der Waals surface area contributed by atoms with Crippen molar-refractivity contribution in [2.24, 2.45) is 0 Å². The minimum absolute atomic E-state index is 0.827. The quantitative estimate of drug-likeness (QED) is 0.566. The SMILES string of the molecule is CCC([Se]C)[NH+](C)C. The van der Waals surface area contributed by atoms with Crippen LogP contribution in [0.3, 0.4) is 0 Å². The molecule has 1 nitrogen and oxygen atoms in total. The van der Waals surface area contributed by atoms with Gasteiger partial charge in [0.25, 0.3) is 0 Å². The number of hydrogen-bond acceptors (Lipinski definition) is 0. The number of hydrogen-bond donors (Lipinski definition) is 1. The maximum atomic E-state index is 2.31. The molecule has 0 amide bonds. The molecule has 1 N–H and O–H groups in total. The van der Waals surface area contributed by atoms with Crippen LogP contribution < -0.4 is 4.90 Å². The first-order valence-electron chi connectivity index (χ1n) is 3.05. The summed E-state index contributed by atoms with van der Waals surface area (Å²) in [6, 6.07) is 0. The molecule has 50 valence electrons. The zero-order chi connectivity index (χ0) is 6.57. The third kappa shape index (κ3) is 2.71. The Bertz CT molecular complexity index is 50.5. The van der Waals surface area contributed by atoms with Crippen molar-refractivity contribution in [2.45, 2.75) is 24.1 Å². The molecule has 0 spiro atoms. The second kappa shape index (κ2) is 4.37. The van der Waals surface area contributed by atoms with E-state index in [9.17, 15) is 0 Å². The van der Waals surface area contributed by atoms with Crippen LogP contribution in [0, 0.1) is 0 Å². The van der Waals surface area contributed by atoms with Gasteiger partial charge in [0.2, 0.25) is 0 Å². The molecule has 0 aliphatic heterocycles. The average Bonchev–Trinajstić information content (AvgIpc) is 1.69. The Morgan fingerprint density at radius 2 is 2.00 bits per heavy atom. The van der Waals surface area contributed by atoms with Crippen LogP contribution in [0.15, 0.2) is 0 Å². The van der Waals surface area contributed by atoms with Gasteiger partial charge in [0.15, 0.2) is 0 Å². The zero-order valence-corrected chi connectivity index (χ0v) is 7.91. The van der Waals surface area contributed by atoms with E-state index >= 15 is 0 Å². The summed E-state index contributed by atoms with van der Waals surface area (Å²) in [7, 11) is 4.47. The van der Waals surface area contributed by atoms with Crippen LogP contribution in [0.4, 0.5) is 0 Å². The van der Waals surface area contributed by atoms with Crippen molar-refractivity contribution in [2.75, 3.05) is 14.1 Å². The first-order valence-corrected chi connectivity index (χ1v) is 5.75. The predicted octanol–water partition coefficient (Wildman–Crippen LogP) is -0.381. The summed E-state index contributed by atoms with van der Waals surface area (Å²) in [5, 5.41) is 0. The van der Waals surface area contributed by atoms with Gasteiger partial charge in [0.1, 0.15) is 0 Å². The fraction of sp³-hybridized carbons (Fsp3) is 1.00. The zero-order valence-electron chi connectivity index (χ0n) is 6.19. The molecular formula is C6H16NSe+. The predicted molar refractivity (Wildman–Crippen MR) is 38.5 cm³/mol. The molecule has 0 saturated heterocycles. The van der Waals surface area contributed by atoms with Crippen LogP contribution in [-0.2, 0) is 0 Å². The van der Waals surface area contributed by atoms with Crippen LogP contribution in [0.25, 0.3) is 0 Å². The van der Waals surface area contributed by atoms with Gasteiger partial charge in [-0.25, -0.2) is 0 Å². The fourth-order valence-corrected chi connectivity index (χ4v) is 2.50. The minimum atomic E-state index is 0.827. The monoisotopic (exact) mass is 182 g/mol. The van der Waals surface area contributed by atoms with Crippen LogP contribution >= 0.6 is 0 Å². The summed E-state index contributed by atoms with van der Waals surface area (Å²) in [5.74, 6) is 2.31. The molecule has 0 aliphatic carbocycles. The molecule has 8 heavy (non-hydrogen) atoms. The van der Waals surface area contributed by atoms with Gasteiger partial charge >= 0.3 is 58.1 Å². The topological polar surface area (TPSA) is 4.44 Å². The third-order valence-corrected chi connectivity index (χ3v) is 4.18. The summed E-state index contributed by atoms with van der Waals surface area (Å²) in [4.78, 5) is 2.54. The van der Waals surface area contributed by atoms with Crippen molar-refractivity contribution in [3.05, 3.63) is 0 Å². The Morgan fingerprint density at radius 1 is 1.50 bits per heavy atom. The molecule has 0 radical (unpaired) electrons. The maximum absolute atomic E-state index is 2.31. The van der Waals surface area contributed by atoms with E-state index < -0.39 is 0 Å². The first-order chi connectivity index (χ1) is 3.72. The summed E-state index contributed by atoms with van der Waals surface area (Å²) in [6.07, 6.45) is 1.33. The molecule has 1 unspecified atom stereocenters. The number of quaternary nitrogens is 1. The Morgan fingerprint density at radius 3 is 2.00 bits per heavy atom. The molecule has 0 aromatic carbocycles. The molecule has 0 fully saturated rings. The number of nitrogens with one attached hydrogen (secondary N) is 1. The van der Waals surface area contributed by atoms with E-state index in [0.29, 0.717) is 0 Å². The van der Waals surface area contributed by atoms with Gasteiger partial charge in [0.05, 0.1) is 0 Å². The second-order valence-corrected chi connectivity index (χ2v) is 4.39. The Hall–Kier alpha value is 0.479. The van der Waals surface area contributed by atoms with E-state index in [0.717, 1.165) is 19.9 Å². The molecule has 0 aliphatic rings. The van der Waals surface area contributed by atoms with Crippen molar-refractivity contribution in [1.29, 1.82) is 0 Å². The molecule has 1 atom stereocenters. The Balaban J connectivity index is 3.35. The summed E-state index contributed by atoms with van der Waals surface area (Å²) in [6.45, 7) is 2.27. The molecule has 2 heteroatoms. The van der Waals surface area contributed by atoms with Crippen LogP contribution in [0.5, 0.6) is 0 Å². The number of rotatable bonds is 3. The van der Waals surface area contributed by atoms with Gasteiger partial charge in [-0.15, -0.1) is 0 Å². The van der Waals surface area contributed by atoms with Crippen LogP contribution in [0.2, 0.25) is 5.82 Å².